The van der Waals surface area contributed by atoms with E-state index in [0.717, 1.165) is 0 Å². The van der Waals surface area contributed by atoms with Crippen molar-refractivity contribution < 1.29 is 4.39 Å². The predicted molar refractivity (Wildman–Crippen MR) is 64.7 cm³/mol. The Hall–Kier alpha value is -1.49. The molecule has 2 rings (SSSR count). The van der Waals surface area contributed by atoms with Crippen molar-refractivity contribution in [3.05, 3.63) is 40.9 Å². The van der Waals surface area contributed by atoms with Crippen molar-refractivity contribution in [2.45, 2.75) is 0 Å². The summed E-state index contributed by atoms with van der Waals surface area (Å²) >= 11 is 3.21. The number of nitrogens with zero attached hydrogens (tertiary/aromatic N) is 2. The molecule has 0 unspecified atom stereocenters. The summed E-state index contributed by atoms with van der Waals surface area (Å²) in [5.41, 5.74) is 0.940. The molecule has 0 bridgehead atoms. The third kappa shape index (κ3) is 2.04. The van der Waals surface area contributed by atoms with E-state index in [0.29, 0.717) is 21.5 Å². The summed E-state index contributed by atoms with van der Waals surface area (Å²) in [4.78, 5) is 8.22. The number of hydrogen-bond acceptors (Lipinski definition) is 3. The van der Waals surface area contributed by atoms with E-state index in [4.69, 9.17) is 0 Å². The Morgan fingerprint density at radius 3 is 2.69 bits per heavy atom. The van der Waals surface area contributed by atoms with Gasteiger partial charge in [-0.3, -0.25) is 4.98 Å². The monoisotopic (exact) mass is 281 g/mol. The first kappa shape index (κ1) is 11.0. The van der Waals surface area contributed by atoms with Crippen molar-refractivity contribution in [2.75, 3.05) is 12.4 Å². The maximum absolute atomic E-state index is 13.7. The van der Waals surface area contributed by atoms with Crippen molar-refractivity contribution in [3.63, 3.8) is 0 Å². The molecule has 1 heterocycles. The summed E-state index contributed by atoms with van der Waals surface area (Å²) < 4.78 is 14.4. The molecule has 2 aromatic rings. The van der Waals surface area contributed by atoms with E-state index in [1.807, 2.05) is 0 Å². The molecular weight excluding hydrogens is 273 g/mol. The molecule has 82 valence electrons. The molecule has 1 aromatic heterocycles. The number of anilines is 1. The molecule has 0 spiro atoms. The fourth-order valence-electron chi connectivity index (χ4n) is 1.40. The van der Waals surface area contributed by atoms with Crippen LogP contribution in [0.3, 0.4) is 0 Å². The molecule has 0 saturated heterocycles. The van der Waals surface area contributed by atoms with Gasteiger partial charge in [-0.1, -0.05) is 15.9 Å². The summed E-state index contributed by atoms with van der Waals surface area (Å²) in [5.74, 6) is 0.232. The van der Waals surface area contributed by atoms with Crippen LogP contribution in [-0.4, -0.2) is 17.0 Å². The normalized spacial score (nSPS) is 10.2. The molecule has 1 aromatic carbocycles. The van der Waals surface area contributed by atoms with Gasteiger partial charge in [0.25, 0.3) is 0 Å². The molecule has 0 aliphatic heterocycles. The van der Waals surface area contributed by atoms with Crippen LogP contribution >= 0.6 is 15.9 Å². The number of rotatable bonds is 2. The highest BCUT2D eigenvalue weighted by atomic mass is 79.9. The summed E-state index contributed by atoms with van der Waals surface area (Å²) in [6, 6.07) is 4.85. The lowest BCUT2D eigenvalue weighted by Crippen LogP contribution is -1.98. The van der Waals surface area contributed by atoms with Gasteiger partial charge in [-0.25, -0.2) is 9.37 Å². The van der Waals surface area contributed by atoms with Crippen LogP contribution in [0.4, 0.5) is 10.2 Å². The van der Waals surface area contributed by atoms with Gasteiger partial charge in [0.15, 0.2) is 5.82 Å². The summed E-state index contributed by atoms with van der Waals surface area (Å²) in [5, 5.41) is 2.88. The second-order valence-corrected chi connectivity index (χ2v) is 4.04. The van der Waals surface area contributed by atoms with Crippen molar-refractivity contribution in [1.82, 2.24) is 9.97 Å². The van der Waals surface area contributed by atoms with E-state index in [2.05, 4.69) is 31.2 Å². The van der Waals surface area contributed by atoms with Crippen LogP contribution < -0.4 is 5.32 Å². The van der Waals surface area contributed by atoms with Crippen molar-refractivity contribution in [3.8, 4) is 11.3 Å². The van der Waals surface area contributed by atoms with E-state index in [1.54, 1.807) is 25.4 Å². The van der Waals surface area contributed by atoms with Crippen LogP contribution in [0.25, 0.3) is 11.3 Å². The zero-order chi connectivity index (χ0) is 11.5. The molecule has 0 aliphatic rings. The number of halogens is 2. The number of benzene rings is 1. The fraction of sp³-hybridized carbons (Fsp3) is 0.0909. The van der Waals surface area contributed by atoms with Crippen LogP contribution in [0, 0.1) is 5.82 Å². The van der Waals surface area contributed by atoms with E-state index in [-0.39, 0.29) is 5.82 Å². The first-order valence-electron chi connectivity index (χ1n) is 4.66. The summed E-state index contributed by atoms with van der Waals surface area (Å²) in [6.45, 7) is 0. The molecule has 0 amide bonds. The van der Waals surface area contributed by atoms with Gasteiger partial charge in [0.1, 0.15) is 11.5 Å². The number of nitrogens with one attached hydrogen (secondary N) is 1. The van der Waals surface area contributed by atoms with Gasteiger partial charge >= 0.3 is 0 Å². The molecule has 1 N–H and O–H groups in total. The maximum atomic E-state index is 13.7. The van der Waals surface area contributed by atoms with Crippen molar-refractivity contribution in [2.24, 2.45) is 0 Å². The molecule has 3 nitrogen and oxygen atoms in total. The van der Waals surface area contributed by atoms with E-state index in [1.165, 1.54) is 12.3 Å². The highest BCUT2D eigenvalue weighted by Gasteiger charge is 2.11. The van der Waals surface area contributed by atoms with Gasteiger partial charge in [-0.05, 0) is 18.2 Å². The van der Waals surface area contributed by atoms with Crippen molar-refractivity contribution >= 4 is 21.7 Å². The zero-order valence-corrected chi connectivity index (χ0v) is 10.1. The second-order valence-electron chi connectivity index (χ2n) is 3.13. The molecular formula is C11H9BrFN3. The van der Waals surface area contributed by atoms with Gasteiger partial charge in [0.2, 0.25) is 0 Å². The maximum Gasteiger partial charge on any atom is 0.152 e. The van der Waals surface area contributed by atoms with Crippen LogP contribution in [0.2, 0.25) is 0 Å². The van der Waals surface area contributed by atoms with Gasteiger partial charge in [0.05, 0.1) is 0 Å². The second kappa shape index (κ2) is 4.57. The molecule has 5 heteroatoms. The van der Waals surface area contributed by atoms with Gasteiger partial charge in [-0.2, -0.15) is 0 Å². The molecule has 0 aliphatic carbocycles. The first-order valence-corrected chi connectivity index (χ1v) is 5.46. The zero-order valence-electron chi connectivity index (χ0n) is 8.54. The van der Waals surface area contributed by atoms with E-state index in [9.17, 15) is 4.39 Å². The minimum absolute atomic E-state index is 0.327. The number of aromatic nitrogens is 2. The molecule has 0 fully saturated rings. The SMILES string of the molecule is CNc1nccnc1-c1ccc(Br)cc1F. The predicted octanol–water partition coefficient (Wildman–Crippen LogP) is 3.09. The summed E-state index contributed by atoms with van der Waals surface area (Å²) in [7, 11) is 1.73. The Labute approximate surface area is 101 Å². The highest BCUT2D eigenvalue weighted by Crippen LogP contribution is 2.27. The topological polar surface area (TPSA) is 37.8 Å². The Bertz CT molecular complexity index is 516. The Balaban J connectivity index is 2.58. The van der Waals surface area contributed by atoms with Gasteiger partial charge < -0.3 is 5.32 Å². The van der Waals surface area contributed by atoms with Crippen molar-refractivity contribution in [1.29, 1.82) is 0 Å². The van der Waals surface area contributed by atoms with Crippen LogP contribution in [0.5, 0.6) is 0 Å². The highest BCUT2D eigenvalue weighted by molar-refractivity contribution is 9.10. The lowest BCUT2D eigenvalue weighted by atomic mass is 10.1. The summed E-state index contributed by atoms with van der Waals surface area (Å²) in [6.07, 6.45) is 3.10. The molecule has 0 saturated carbocycles. The Morgan fingerprint density at radius 2 is 2.00 bits per heavy atom. The minimum Gasteiger partial charge on any atom is -0.371 e. The van der Waals surface area contributed by atoms with Crippen LogP contribution in [0.15, 0.2) is 35.1 Å². The third-order valence-electron chi connectivity index (χ3n) is 2.12. The lowest BCUT2D eigenvalue weighted by molar-refractivity contribution is 0.630. The number of hydrogen-bond donors (Lipinski definition) is 1. The third-order valence-corrected chi connectivity index (χ3v) is 2.61. The van der Waals surface area contributed by atoms with Crippen LogP contribution in [-0.2, 0) is 0 Å². The minimum atomic E-state index is -0.327. The van der Waals surface area contributed by atoms with Gasteiger partial charge in [0, 0.05) is 29.5 Å². The fourth-order valence-corrected chi connectivity index (χ4v) is 1.73. The van der Waals surface area contributed by atoms with E-state index < -0.39 is 0 Å². The lowest BCUT2D eigenvalue weighted by Gasteiger charge is -2.07. The quantitative estimate of drug-likeness (QED) is 0.919. The average Bonchev–Trinajstić information content (AvgIpc) is 2.29. The Kier molecular flexibility index (Phi) is 3.14. The van der Waals surface area contributed by atoms with Gasteiger partial charge in [-0.15, -0.1) is 0 Å². The largest absolute Gasteiger partial charge is 0.371 e. The van der Waals surface area contributed by atoms with E-state index >= 15 is 0 Å². The molecule has 0 radical (unpaired) electrons. The smallest absolute Gasteiger partial charge is 0.152 e. The first-order chi connectivity index (χ1) is 7.72. The average molecular weight is 282 g/mol. The Morgan fingerprint density at radius 1 is 1.25 bits per heavy atom. The standard InChI is InChI=1S/C11H9BrFN3/c1-14-11-10(15-4-5-16-11)8-3-2-7(12)6-9(8)13/h2-6H,1H3,(H,14,16). The molecule has 16 heavy (non-hydrogen) atoms. The van der Waals surface area contributed by atoms with Crippen LogP contribution in [0.1, 0.15) is 0 Å². The molecule has 0 atom stereocenters.